The second kappa shape index (κ2) is 7.59. The van der Waals surface area contributed by atoms with Crippen molar-refractivity contribution in [2.45, 2.75) is 32.8 Å². The van der Waals surface area contributed by atoms with E-state index in [1.807, 2.05) is 6.92 Å². The number of hydrogen-bond donors (Lipinski definition) is 0. The van der Waals surface area contributed by atoms with Gasteiger partial charge in [0.1, 0.15) is 6.61 Å². The van der Waals surface area contributed by atoms with Crippen LogP contribution in [-0.4, -0.2) is 25.5 Å². The highest BCUT2D eigenvalue weighted by Gasteiger charge is 2.17. The normalized spacial score (nSPS) is 13.6. The lowest BCUT2D eigenvalue weighted by atomic mass is 10.0. The second-order valence-corrected chi connectivity index (χ2v) is 7.19. The Balaban J connectivity index is 1.59. The molecule has 8 heteroatoms. The molecule has 1 aromatic heterocycles. The van der Waals surface area contributed by atoms with Gasteiger partial charge in [0.25, 0.3) is 0 Å². The van der Waals surface area contributed by atoms with Crippen LogP contribution in [0.4, 0.5) is 0 Å². The molecule has 0 radical (unpaired) electrons. The van der Waals surface area contributed by atoms with E-state index < -0.39 is 0 Å². The van der Waals surface area contributed by atoms with E-state index in [0.717, 1.165) is 28.8 Å². The first-order valence-electron chi connectivity index (χ1n) is 9.10. The Morgan fingerprint density at radius 2 is 2.04 bits per heavy atom. The number of halogens is 1. The molecule has 3 aromatic rings. The van der Waals surface area contributed by atoms with Crippen LogP contribution in [-0.2, 0) is 31.3 Å². The Labute approximate surface area is 167 Å². The number of tetrazole rings is 1. The van der Waals surface area contributed by atoms with Crippen molar-refractivity contribution in [1.82, 2.24) is 19.8 Å². The Kier molecular flexibility index (Phi) is 5.00. The van der Waals surface area contributed by atoms with Crippen LogP contribution in [0.2, 0.25) is 5.02 Å². The standard InChI is InChI=1S/C20H20ClN5O2/c1-13(15-8-3-6-14-7-4-9-16(14)15)22-28-12-17-18(21)10-5-11-19(17)26-20(27)25(2)23-24-26/h3,5-6,8,10-11H,4,7,9,12H2,1-2H3/b22-13+. The summed E-state index contributed by atoms with van der Waals surface area (Å²) >= 11 is 6.35. The highest BCUT2D eigenvalue weighted by Crippen LogP contribution is 2.26. The van der Waals surface area contributed by atoms with Gasteiger partial charge in [-0.15, -0.1) is 0 Å². The van der Waals surface area contributed by atoms with Crippen LogP contribution < -0.4 is 5.69 Å². The number of aromatic nitrogens is 4. The predicted octanol–water partition coefficient (Wildman–Crippen LogP) is 3.05. The minimum absolute atomic E-state index is 0.115. The Hall–Kier alpha value is -2.93. The van der Waals surface area contributed by atoms with Crippen LogP contribution in [0.3, 0.4) is 0 Å². The zero-order valence-electron chi connectivity index (χ0n) is 15.7. The molecular formula is C20H20ClN5O2. The first kappa shape index (κ1) is 18.4. The van der Waals surface area contributed by atoms with Gasteiger partial charge in [0.2, 0.25) is 0 Å². The van der Waals surface area contributed by atoms with E-state index in [4.69, 9.17) is 16.4 Å². The highest BCUT2D eigenvalue weighted by molar-refractivity contribution is 6.31. The summed E-state index contributed by atoms with van der Waals surface area (Å²) in [6.07, 6.45) is 3.37. The maximum absolute atomic E-state index is 12.2. The number of fused-ring (bicyclic) bond motifs is 1. The fourth-order valence-corrected chi connectivity index (χ4v) is 3.78. The lowest BCUT2D eigenvalue weighted by Crippen LogP contribution is -2.23. The quantitative estimate of drug-likeness (QED) is 0.490. The molecule has 0 saturated heterocycles. The number of aryl methyl sites for hydroxylation is 2. The van der Waals surface area contributed by atoms with Crippen LogP contribution in [0.5, 0.6) is 0 Å². The van der Waals surface area contributed by atoms with Crippen molar-refractivity contribution < 1.29 is 4.84 Å². The lowest BCUT2D eigenvalue weighted by Gasteiger charge is -2.11. The molecule has 1 aliphatic rings. The van der Waals surface area contributed by atoms with Gasteiger partial charge in [0, 0.05) is 23.2 Å². The molecule has 28 heavy (non-hydrogen) atoms. The Morgan fingerprint density at radius 1 is 1.21 bits per heavy atom. The molecule has 1 aliphatic carbocycles. The van der Waals surface area contributed by atoms with Crippen LogP contribution in [0.1, 0.15) is 35.6 Å². The molecule has 0 atom stereocenters. The van der Waals surface area contributed by atoms with Gasteiger partial charge in [-0.05, 0) is 59.9 Å². The van der Waals surface area contributed by atoms with Crippen LogP contribution in [0, 0.1) is 0 Å². The van der Waals surface area contributed by atoms with E-state index in [9.17, 15) is 4.79 Å². The molecule has 0 fully saturated rings. The number of hydrogen-bond acceptors (Lipinski definition) is 5. The SMILES string of the molecule is C/C(=N\OCc1c(Cl)cccc1-n1nnn(C)c1=O)c1cccc2c1CCC2. The second-order valence-electron chi connectivity index (χ2n) is 6.78. The number of rotatable bonds is 5. The summed E-state index contributed by atoms with van der Waals surface area (Å²) in [4.78, 5) is 17.8. The molecule has 0 amide bonds. The smallest absolute Gasteiger partial charge is 0.368 e. The fraction of sp³-hybridized carbons (Fsp3) is 0.300. The van der Waals surface area contributed by atoms with Crippen molar-refractivity contribution in [3.8, 4) is 5.69 Å². The summed E-state index contributed by atoms with van der Waals surface area (Å²) in [5.74, 6) is 0. The molecule has 7 nitrogen and oxygen atoms in total. The topological polar surface area (TPSA) is 74.3 Å². The van der Waals surface area contributed by atoms with E-state index in [1.165, 1.54) is 22.2 Å². The molecular weight excluding hydrogens is 378 g/mol. The van der Waals surface area contributed by atoms with Gasteiger partial charge in [-0.3, -0.25) is 0 Å². The zero-order chi connectivity index (χ0) is 19.7. The molecule has 4 rings (SSSR count). The average Bonchev–Trinajstić information content (AvgIpc) is 3.30. The van der Waals surface area contributed by atoms with Crippen molar-refractivity contribution in [3.05, 3.63) is 74.2 Å². The van der Waals surface area contributed by atoms with Crippen molar-refractivity contribution >= 4 is 17.3 Å². The van der Waals surface area contributed by atoms with Gasteiger partial charge in [0.15, 0.2) is 0 Å². The minimum Gasteiger partial charge on any atom is -0.391 e. The van der Waals surface area contributed by atoms with E-state index in [-0.39, 0.29) is 12.3 Å². The van der Waals surface area contributed by atoms with E-state index >= 15 is 0 Å². The predicted molar refractivity (Wildman–Crippen MR) is 107 cm³/mol. The van der Waals surface area contributed by atoms with Gasteiger partial charge in [0.05, 0.1) is 11.4 Å². The third kappa shape index (κ3) is 3.33. The summed E-state index contributed by atoms with van der Waals surface area (Å²) in [6.45, 7) is 2.05. The average molecular weight is 398 g/mol. The van der Waals surface area contributed by atoms with Gasteiger partial charge in [-0.1, -0.05) is 41.0 Å². The molecule has 0 N–H and O–H groups in total. The lowest BCUT2D eigenvalue weighted by molar-refractivity contribution is 0.130. The molecule has 0 bridgehead atoms. The number of oxime groups is 1. The third-order valence-corrected chi connectivity index (χ3v) is 5.34. The van der Waals surface area contributed by atoms with Gasteiger partial charge in [-0.2, -0.15) is 9.36 Å². The van der Waals surface area contributed by atoms with Crippen LogP contribution in [0.25, 0.3) is 5.69 Å². The van der Waals surface area contributed by atoms with E-state index in [1.54, 1.807) is 25.2 Å². The van der Waals surface area contributed by atoms with Crippen molar-refractivity contribution in [3.63, 3.8) is 0 Å². The van der Waals surface area contributed by atoms with E-state index in [2.05, 4.69) is 33.8 Å². The summed E-state index contributed by atoms with van der Waals surface area (Å²) in [5.41, 5.74) is 5.49. The summed E-state index contributed by atoms with van der Waals surface area (Å²) in [5, 5.41) is 12.4. The van der Waals surface area contributed by atoms with Crippen LogP contribution in [0.15, 0.2) is 46.3 Å². The summed E-state index contributed by atoms with van der Waals surface area (Å²) < 4.78 is 2.36. The fourth-order valence-electron chi connectivity index (χ4n) is 3.55. The Bertz CT molecular complexity index is 1120. The summed E-state index contributed by atoms with van der Waals surface area (Å²) in [7, 11) is 1.54. The molecule has 1 heterocycles. The first-order valence-corrected chi connectivity index (χ1v) is 9.48. The summed E-state index contributed by atoms with van der Waals surface area (Å²) in [6, 6.07) is 11.6. The highest BCUT2D eigenvalue weighted by atomic mass is 35.5. The van der Waals surface area contributed by atoms with Crippen LogP contribution >= 0.6 is 11.6 Å². The zero-order valence-corrected chi connectivity index (χ0v) is 16.5. The molecule has 2 aromatic carbocycles. The maximum atomic E-state index is 12.2. The molecule has 0 aliphatic heterocycles. The van der Waals surface area contributed by atoms with Gasteiger partial charge >= 0.3 is 5.69 Å². The monoisotopic (exact) mass is 397 g/mol. The minimum atomic E-state index is -0.358. The van der Waals surface area contributed by atoms with Crippen molar-refractivity contribution in [2.24, 2.45) is 12.2 Å². The molecule has 144 valence electrons. The first-order chi connectivity index (χ1) is 13.6. The molecule has 0 unspecified atom stereocenters. The van der Waals surface area contributed by atoms with Crippen molar-refractivity contribution in [2.75, 3.05) is 0 Å². The number of nitrogens with zero attached hydrogens (tertiary/aromatic N) is 5. The third-order valence-electron chi connectivity index (χ3n) is 4.99. The molecule has 0 saturated carbocycles. The maximum Gasteiger partial charge on any atom is 0.368 e. The Morgan fingerprint density at radius 3 is 2.82 bits per heavy atom. The molecule has 0 spiro atoms. The number of benzene rings is 2. The largest absolute Gasteiger partial charge is 0.391 e. The van der Waals surface area contributed by atoms with Crippen molar-refractivity contribution in [1.29, 1.82) is 0 Å². The van der Waals surface area contributed by atoms with Gasteiger partial charge in [-0.25, -0.2) is 4.79 Å². The van der Waals surface area contributed by atoms with Gasteiger partial charge < -0.3 is 4.84 Å². The van der Waals surface area contributed by atoms with E-state index in [0.29, 0.717) is 16.3 Å².